The van der Waals surface area contributed by atoms with E-state index in [2.05, 4.69) is 58.2 Å². The molecule has 0 spiro atoms. The summed E-state index contributed by atoms with van der Waals surface area (Å²) in [5, 5.41) is 3.01. The third-order valence-corrected chi connectivity index (χ3v) is 7.58. The number of hydrogen-bond donors (Lipinski definition) is 2. The topological polar surface area (TPSA) is 81.3 Å². The number of carbonyl (C=O) groups excluding carboxylic acids is 1. The van der Waals surface area contributed by atoms with Crippen LogP contribution in [0, 0.1) is 20.8 Å². The third kappa shape index (κ3) is 5.82. The number of anilines is 1. The monoisotopic (exact) mass is 513 g/mol. The number of amides is 1. The lowest BCUT2D eigenvalue weighted by Gasteiger charge is -2.37. The molecule has 0 saturated carbocycles. The van der Waals surface area contributed by atoms with E-state index in [1.807, 2.05) is 45.0 Å². The molecule has 7 heteroatoms. The predicted octanol–water partition coefficient (Wildman–Crippen LogP) is 5.12. The van der Waals surface area contributed by atoms with Crippen molar-refractivity contribution in [3.63, 3.8) is 0 Å². The third-order valence-electron chi connectivity index (χ3n) is 7.58. The molecule has 0 radical (unpaired) electrons. The minimum absolute atomic E-state index is 0.162. The van der Waals surface area contributed by atoms with Crippen molar-refractivity contribution in [2.45, 2.75) is 59.5 Å². The van der Waals surface area contributed by atoms with Crippen molar-refractivity contribution in [3.8, 4) is 11.1 Å². The smallest absolute Gasteiger partial charge is 0.253 e. The first-order valence-corrected chi connectivity index (χ1v) is 13.3. The lowest BCUT2D eigenvalue weighted by molar-refractivity contribution is 0.0950. The van der Waals surface area contributed by atoms with Gasteiger partial charge in [-0.15, -0.1) is 0 Å². The van der Waals surface area contributed by atoms with Gasteiger partial charge in [-0.1, -0.05) is 6.08 Å². The Morgan fingerprint density at radius 2 is 1.84 bits per heavy atom. The van der Waals surface area contributed by atoms with Crippen LogP contribution in [-0.2, 0) is 6.54 Å². The van der Waals surface area contributed by atoms with Crippen LogP contribution in [-0.4, -0.2) is 47.5 Å². The summed E-state index contributed by atoms with van der Waals surface area (Å²) < 4.78 is 0. The Hall–Kier alpha value is -3.87. The zero-order chi connectivity index (χ0) is 27.4. The molecule has 1 aromatic carbocycles. The Labute approximate surface area is 225 Å². The Morgan fingerprint density at radius 1 is 1.11 bits per heavy atom. The SMILES string of the molecule is CCN(c1cc(-c2ccncc2)cc(C(=O)NCc2c(C)cc(C)[nH]c2=O)c1C)[C@H]1CC=C(N(C)C)CC1. The molecule has 200 valence electrons. The van der Waals surface area contributed by atoms with Crippen molar-refractivity contribution < 1.29 is 4.79 Å². The summed E-state index contributed by atoms with van der Waals surface area (Å²) in [7, 11) is 4.20. The van der Waals surface area contributed by atoms with Gasteiger partial charge in [0, 0.05) is 73.8 Å². The highest BCUT2D eigenvalue weighted by Crippen LogP contribution is 2.35. The molecule has 0 aliphatic heterocycles. The van der Waals surface area contributed by atoms with E-state index in [0.717, 1.165) is 59.4 Å². The number of aromatic nitrogens is 2. The van der Waals surface area contributed by atoms with E-state index in [4.69, 9.17) is 0 Å². The quantitative estimate of drug-likeness (QED) is 0.437. The summed E-state index contributed by atoms with van der Waals surface area (Å²) in [6.07, 6.45) is 8.95. The molecule has 1 aliphatic carbocycles. The first kappa shape index (κ1) is 27.2. The standard InChI is InChI=1S/C31H39N5O2/c1-7-36(26-10-8-25(9-11-26)35(5)6)29-18-24(23-12-14-32-15-13-23)17-27(22(29)4)30(37)33-19-28-20(2)16-21(3)34-31(28)38/h8,12-18,26H,7,9-11,19H2,1-6H3,(H,33,37)(H,34,38)/t26-/m0/s1. The minimum atomic E-state index is -0.187. The average Bonchev–Trinajstić information content (AvgIpc) is 2.90. The van der Waals surface area contributed by atoms with Crippen molar-refractivity contribution in [3.05, 3.63) is 92.8 Å². The molecule has 4 rings (SSSR count). The lowest BCUT2D eigenvalue weighted by Crippen LogP contribution is -2.38. The van der Waals surface area contributed by atoms with Crippen LogP contribution in [0.1, 0.15) is 58.9 Å². The van der Waals surface area contributed by atoms with E-state index in [1.165, 1.54) is 5.70 Å². The van der Waals surface area contributed by atoms with Gasteiger partial charge in [0.15, 0.2) is 0 Å². The molecule has 1 aliphatic rings. The number of benzene rings is 1. The van der Waals surface area contributed by atoms with Gasteiger partial charge in [0.25, 0.3) is 11.5 Å². The maximum Gasteiger partial charge on any atom is 0.253 e. The summed E-state index contributed by atoms with van der Waals surface area (Å²) in [5.41, 5.74) is 8.09. The van der Waals surface area contributed by atoms with Crippen molar-refractivity contribution in [2.75, 3.05) is 25.5 Å². The van der Waals surface area contributed by atoms with E-state index < -0.39 is 0 Å². The predicted molar refractivity (Wildman–Crippen MR) is 155 cm³/mol. The first-order chi connectivity index (χ1) is 18.2. The molecule has 1 atom stereocenters. The molecule has 1 amide bonds. The van der Waals surface area contributed by atoms with Gasteiger partial charge in [0.05, 0.1) is 0 Å². The number of nitrogens with zero attached hydrogens (tertiary/aromatic N) is 3. The van der Waals surface area contributed by atoms with E-state index in [-0.39, 0.29) is 18.0 Å². The fraction of sp³-hybridized carbons (Fsp3) is 0.387. The Balaban J connectivity index is 1.71. The molecule has 2 N–H and O–H groups in total. The zero-order valence-electron chi connectivity index (χ0n) is 23.4. The van der Waals surface area contributed by atoms with Crippen molar-refractivity contribution in [1.82, 2.24) is 20.2 Å². The summed E-state index contributed by atoms with van der Waals surface area (Å²) in [4.78, 5) is 37.8. The van der Waals surface area contributed by atoms with Crippen LogP contribution in [0.4, 0.5) is 5.69 Å². The van der Waals surface area contributed by atoms with Crippen LogP contribution < -0.4 is 15.8 Å². The Morgan fingerprint density at radius 3 is 2.45 bits per heavy atom. The molecule has 38 heavy (non-hydrogen) atoms. The number of nitrogens with one attached hydrogen (secondary N) is 2. The second kappa shape index (κ2) is 11.7. The molecule has 0 saturated heterocycles. The Kier molecular flexibility index (Phi) is 8.35. The molecule has 2 heterocycles. The van der Waals surface area contributed by atoms with Gasteiger partial charge in [-0.3, -0.25) is 14.6 Å². The second-order valence-corrected chi connectivity index (χ2v) is 10.3. The summed E-state index contributed by atoms with van der Waals surface area (Å²) >= 11 is 0. The number of H-pyrrole nitrogens is 1. The van der Waals surface area contributed by atoms with Gasteiger partial charge in [-0.2, -0.15) is 0 Å². The van der Waals surface area contributed by atoms with Crippen LogP contribution in [0.25, 0.3) is 11.1 Å². The highest BCUT2D eigenvalue weighted by molar-refractivity contribution is 5.99. The van der Waals surface area contributed by atoms with Gasteiger partial charge in [0.1, 0.15) is 0 Å². The van der Waals surface area contributed by atoms with Gasteiger partial charge < -0.3 is 20.1 Å². The number of aryl methyl sites for hydroxylation is 2. The van der Waals surface area contributed by atoms with E-state index in [0.29, 0.717) is 17.2 Å². The van der Waals surface area contributed by atoms with Crippen LogP contribution in [0.2, 0.25) is 0 Å². The van der Waals surface area contributed by atoms with Crippen molar-refractivity contribution >= 4 is 11.6 Å². The first-order valence-electron chi connectivity index (χ1n) is 13.3. The van der Waals surface area contributed by atoms with Gasteiger partial charge in [-0.05, 0) is 99.5 Å². The van der Waals surface area contributed by atoms with E-state index >= 15 is 0 Å². The molecule has 2 aromatic heterocycles. The molecule has 0 bridgehead atoms. The number of rotatable bonds is 8. The van der Waals surface area contributed by atoms with E-state index in [1.54, 1.807) is 12.4 Å². The van der Waals surface area contributed by atoms with Crippen LogP contribution in [0.15, 0.2) is 59.3 Å². The molecular weight excluding hydrogens is 474 g/mol. The fourth-order valence-electron chi connectivity index (χ4n) is 5.43. The van der Waals surface area contributed by atoms with Gasteiger partial charge in [-0.25, -0.2) is 0 Å². The molecule has 0 unspecified atom stereocenters. The number of carbonyl (C=O) groups is 1. The zero-order valence-corrected chi connectivity index (χ0v) is 23.4. The largest absolute Gasteiger partial charge is 0.381 e. The molecular formula is C31H39N5O2. The number of aromatic amines is 1. The van der Waals surface area contributed by atoms with Crippen molar-refractivity contribution in [2.24, 2.45) is 0 Å². The van der Waals surface area contributed by atoms with Gasteiger partial charge >= 0.3 is 0 Å². The lowest BCUT2D eigenvalue weighted by atomic mass is 9.93. The molecule has 3 aromatic rings. The van der Waals surface area contributed by atoms with Crippen molar-refractivity contribution in [1.29, 1.82) is 0 Å². The summed E-state index contributed by atoms with van der Waals surface area (Å²) in [5.74, 6) is -0.187. The normalized spacial score (nSPS) is 15.1. The number of hydrogen-bond acceptors (Lipinski definition) is 5. The average molecular weight is 514 g/mol. The van der Waals surface area contributed by atoms with Crippen LogP contribution in [0.3, 0.4) is 0 Å². The summed E-state index contributed by atoms with van der Waals surface area (Å²) in [6, 6.07) is 10.4. The second-order valence-electron chi connectivity index (χ2n) is 10.3. The maximum atomic E-state index is 13.6. The minimum Gasteiger partial charge on any atom is -0.381 e. The van der Waals surface area contributed by atoms with Gasteiger partial charge in [0.2, 0.25) is 0 Å². The summed E-state index contributed by atoms with van der Waals surface area (Å²) in [6.45, 7) is 8.97. The van der Waals surface area contributed by atoms with Crippen LogP contribution in [0.5, 0.6) is 0 Å². The highest BCUT2D eigenvalue weighted by atomic mass is 16.1. The fourth-order valence-corrected chi connectivity index (χ4v) is 5.43. The van der Waals surface area contributed by atoms with Crippen LogP contribution >= 0.6 is 0 Å². The maximum absolute atomic E-state index is 13.6. The Bertz CT molecular complexity index is 1390. The molecule has 0 fully saturated rings. The van der Waals surface area contributed by atoms with E-state index in [9.17, 15) is 9.59 Å². The molecule has 7 nitrogen and oxygen atoms in total. The number of allylic oxidation sites excluding steroid dienone is 1. The highest BCUT2D eigenvalue weighted by Gasteiger charge is 2.25. The number of pyridine rings is 2.